The van der Waals surface area contributed by atoms with E-state index in [2.05, 4.69) is 21.3 Å². The zero-order chi connectivity index (χ0) is 13.1. The summed E-state index contributed by atoms with van der Waals surface area (Å²) in [5.74, 6) is -0.432. The Bertz CT molecular complexity index is 439. The maximum atomic E-state index is 11.4. The number of thioether (sulfide) groups is 1. The summed E-state index contributed by atoms with van der Waals surface area (Å²) in [6.45, 7) is 0. The highest BCUT2D eigenvalue weighted by Gasteiger charge is 2.25. The molecule has 1 N–H and O–H groups in total. The van der Waals surface area contributed by atoms with Crippen LogP contribution in [-0.2, 0) is 4.74 Å². The molecule has 2 rings (SSSR count). The predicted molar refractivity (Wildman–Crippen MR) is 77.0 cm³/mol. The molecule has 0 bridgehead atoms. The summed E-state index contributed by atoms with van der Waals surface area (Å²) in [6.07, 6.45) is 5.63. The van der Waals surface area contributed by atoms with Gasteiger partial charge in [0, 0.05) is 11.3 Å². The van der Waals surface area contributed by atoms with Gasteiger partial charge in [0.1, 0.15) is 0 Å². The van der Waals surface area contributed by atoms with Crippen molar-refractivity contribution >= 4 is 45.8 Å². The molecule has 4 nitrogen and oxygen atoms in total. The van der Waals surface area contributed by atoms with E-state index in [1.165, 1.54) is 24.9 Å². The summed E-state index contributed by atoms with van der Waals surface area (Å²) in [7, 11) is 1.34. The number of anilines is 1. The molecule has 1 saturated carbocycles. The Morgan fingerprint density at radius 1 is 1.61 bits per heavy atom. The topological polar surface area (TPSA) is 51.2 Å². The Morgan fingerprint density at radius 3 is 3.00 bits per heavy atom. The number of halogens is 1. The van der Waals surface area contributed by atoms with Crippen LogP contribution in [0.2, 0.25) is 5.15 Å². The summed E-state index contributed by atoms with van der Waals surface area (Å²) < 4.78 is 4.65. The maximum Gasteiger partial charge on any atom is 0.351 e. The van der Waals surface area contributed by atoms with Crippen LogP contribution in [0.3, 0.4) is 0 Å². The number of hydrogen-bond acceptors (Lipinski definition) is 6. The number of nitrogens with zero attached hydrogens (tertiary/aromatic N) is 1. The SMILES string of the molecule is COC(=O)c1sc(NC2CCC(SC)C2)nc1Cl. The van der Waals surface area contributed by atoms with E-state index < -0.39 is 5.97 Å². The smallest absolute Gasteiger partial charge is 0.351 e. The fourth-order valence-electron chi connectivity index (χ4n) is 2.04. The van der Waals surface area contributed by atoms with Crippen molar-refractivity contribution in [2.75, 3.05) is 18.7 Å². The van der Waals surface area contributed by atoms with Gasteiger partial charge < -0.3 is 10.1 Å². The minimum atomic E-state index is -0.432. The van der Waals surface area contributed by atoms with Crippen LogP contribution >= 0.6 is 34.7 Å². The molecule has 1 aromatic heterocycles. The molecule has 2 unspecified atom stereocenters. The summed E-state index contributed by atoms with van der Waals surface area (Å²) in [5, 5.41) is 4.99. The van der Waals surface area contributed by atoms with Crippen LogP contribution in [0, 0.1) is 0 Å². The molecule has 0 spiro atoms. The standard InChI is InChI=1S/C11H15ClN2O2S2/c1-16-10(15)8-9(12)14-11(18-8)13-6-3-4-7(5-6)17-2/h6-7H,3-5H2,1-2H3,(H,13,14). The number of nitrogens with one attached hydrogen (secondary N) is 1. The first-order chi connectivity index (χ1) is 8.63. The highest BCUT2D eigenvalue weighted by molar-refractivity contribution is 7.99. The zero-order valence-electron chi connectivity index (χ0n) is 10.2. The Morgan fingerprint density at radius 2 is 2.39 bits per heavy atom. The molecule has 1 aliphatic carbocycles. The first-order valence-electron chi connectivity index (χ1n) is 5.68. The Balaban J connectivity index is 2.00. The second kappa shape index (κ2) is 6.12. The van der Waals surface area contributed by atoms with Crippen molar-refractivity contribution in [2.24, 2.45) is 0 Å². The van der Waals surface area contributed by atoms with Crippen molar-refractivity contribution in [2.45, 2.75) is 30.6 Å². The largest absolute Gasteiger partial charge is 0.465 e. The summed E-state index contributed by atoms with van der Waals surface area (Å²) >= 11 is 9.07. The van der Waals surface area contributed by atoms with E-state index in [1.807, 2.05) is 11.8 Å². The molecule has 0 aliphatic heterocycles. The molecule has 0 radical (unpaired) electrons. The van der Waals surface area contributed by atoms with Crippen LogP contribution in [0.1, 0.15) is 28.9 Å². The van der Waals surface area contributed by atoms with Crippen molar-refractivity contribution in [3.05, 3.63) is 10.0 Å². The van der Waals surface area contributed by atoms with Gasteiger partial charge in [-0.2, -0.15) is 11.8 Å². The average Bonchev–Trinajstić information content (AvgIpc) is 2.95. The van der Waals surface area contributed by atoms with Crippen LogP contribution < -0.4 is 5.32 Å². The van der Waals surface area contributed by atoms with Gasteiger partial charge in [-0.25, -0.2) is 9.78 Å². The fourth-order valence-corrected chi connectivity index (χ4v) is 4.02. The minimum Gasteiger partial charge on any atom is -0.465 e. The quantitative estimate of drug-likeness (QED) is 0.865. The predicted octanol–water partition coefficient (Wildman–Crippen LogP) is 3.28. The van der Waals surface area contributed by atoms with E-state index in [-0.39, 0.29) is 5.15 Å². The maximum absolute atomic E-state index is 11.4. The molecular weight excluding hydrogens is 292 g/mol. The average molecular weight is 307 g/mol. The lowest BCUT2D eigenvalue weighted by molar-refractivity contribution is 0.0606. The van der Waals surface area contributed by atoms with Gasteiger partial charge in [0.25, 0.3) is 0 Å². The van der Waals surface area contributed by atoms with Crippen LogP contribution in [0.15, 0.2) is 0 Å². The van der Waals surface area contributed by atoms with E-state index in [1.54, 1.807) is 0 Å². The molecule has 0 amide bonds. The second-order valence-corrected chi connectivity index (χ2v) is 6.64. The highest BCUT2D eigenvalue weighted by Crippen LogP contribution is 2.33. The van der Waals surface area contributed by atoms with Gasteiger partial charge in [0.05, 0.1) is 7.11 Å². The number of esters is 1. The van der Waals surface area contributed by atoms with Crippen molar-refractivity contribution in [3.8, 4) is 0 Å². The molecule has 1 aromatic rings. The van der Waals surface area contributed by atoms with Gasteiger partial charge in [0.15, 0.2) is 15.2 Å². The summed E-state index contributed by atoms with van der Waals surface area (Å²) in [5.41, 5.74) is 0. The van der Waals surface area contributed by atoms with Gasteiger partial charge in [0.2, 0.25) is 0 Å². The van der Waals surface area contributed by atoms with E-state index >= 15 is 0 Å². The van der Waals surface area contributed by atoms with Crippen LogP contribution in [0.25, 0.3) is 0 Å². The number of carbonyl (C=O) groups excluding carboxylic acids is 1. The van der Waals surface area contributed by atoms with Crippen molar-refractivity contribution in [1.29, 1.82) is 0 Å². The van der Waals surface area contributed by atoms with E-state index in [9.17, 15) is 4.79 Å². The van der Waals surface area contributed by atoms with Gasteiger partial charge >= 0.3 is 5.97 Å². The molecule has 1 fully saturated rings. The van der Waals surface area contributed by atoms with Crippen LogP contribution in [0.5, 0.6) is 0 Å². The lowest BCUT2D eigenvalue weighted by atomic mass is 10.3. The van der Waals surface area contributed by atoms with Crippen molar-refractivity contribution in [1.82, 2.24) is 4.98 Å². The Kier molecular flexibility index (Phi) is 4.75. The normalized spacial score (nSPS) is 23.1. The zero-order valence-corrected chi connectivity index (χ0v) is 12.6. The summed E-state index contributed by atoms with van der Waals surface area (Å²) in [6, 6.07) is 0.426. The highest BCUT2D eigenvalue weighted by atomic mass is 35.5. The van der Waals surface area contributed by atoms with Gasteiger partial charge in [-0.1, -0.05) is 22.9 Å². The molecule has 2 atom stereocenters. The first-order valence-corrected chi connectivity index (χ1v) is 8.16. The monoisotopic (exact) mass is 306 g/mol. The number of hydrogen-bond donors (Lipinski definition) is 1. The van der Waals surface area contributed by atoms with Gasteiger partial charge in [-0.15, -0.1) is 0 Å². The van der Waals surface area contributed by atoms with Crippen LogP contribution in [-0.4, -0.2) is 35.6 Å². The van der Waals surface area contributed by atoms with E-state index in [0.717, 1.165) is 18.1 Å². The Labute approximate surface area is 119 Å². The lowest BCUT2D eigenvalue weighted by Gasteiger charge is -2.10. The molecule has 1 heterocycles. The summed E-state index contributed by atoms with van der Waals surface area (Å²) in [4.78, 5) is 15.9. The second-order valence-electron chi connectivity index (χ2n) is 4.14. The van der Waals surface area contributed by atoms with Gasteiger partial charge in [-0.05, 0) is 25.5 Å². The minimum absolute atomic E-state index is 0.216. The lowest BCUT2D eigenvalue weighted by Crippen LogP contribution is -2.15. The van der Waals surface area contributed by atoms with E-state index in [0.29, 0.717) is 16.1 Å². The number of aromatic nitrogens is 1. The Hall–Kier alpha value is -0.460. The third-order valence-corrected chi connectivity index (χ3v) is 5.45. The third-order valence-electron chi connectivity index (χ3n) is 3.00. The first kappa shape index (κ1) is 14.0. The number of rotatable bonds is 4. The third kappa shape index (κ3) is 3.10. The van der Waals surface area contributed by atoms with Gasteiger partial charge in [-0.3, -0.25) is 0 Å². The van der Waals surface area contributed by atoms with Crippen molar-refractivity contribution < 1.29 is 9.53 Å². The molecular formula is C11H15ClN2O2S2. The number of methoxy groups -OCH3 is 1. The van der Waals surface area contributed by atoms with Crippen LogP contribution in [0.4, 0.5) is 5.13 Å². The molecule has 18 heavy (non-hydrogen) atoms. The molecule has 7 heteroatoms. The number of thiazole rings is 1. The van der Waals surface area contributed by atoms with E-state index in [4.69, 9.17) is 11.6 Å². The molecule has 1 aliphatic rings. The van der Waals surface area contributed by atoms with Crippen molar-refractivity contribution in [3.63, 3.8) is 0 Å². The number of carbonyl (C=O) groups is 1. The number of ether oxygens (including phenoxy) is 1. The molecule has 100 valence electrons. The fraction of sp³-hybridized carbons (Fsp3) is 0.636. The molecule has 0 saturated heterocycles. The molecule has 0 aromatic carbocycles.